The van der Waals surface area contributed by atoms with Crippen molar-refractivity contribution in [2.45, 2.75) is 0 Å². The fourth-order valence-corrected chi connectivity index (χ4v) is 2.48. The number of imidazole rings is 1. The number of para-hydroxylation sites is 3. The van der Waals surface area contributed by atoms with Crippen LogP contribution in [0, 0.1) is 0 Å². The SMILES string of the molecule is [B]=Cc1nonc1-c1nc2ccccc2n1-c1ccccc1. The molecule has 0 saturated heterocycles. The summed E-state index contributed by atoms with van der Waals surface area (Å²) in [5.74, 6) is 2.01. The minimum absolute atomic E-state index is 0.465. The van der Waals surface area contributed by atoms with Crippen molar-refractivity contribution < 1.29 is 4.63 Å². The van der Waals surface area contributed by atoms with Crippen LogP contribution in [0.1, 0.15) is 5.69 Å². The van der Waals surface area contributed by atoms with Crippen molar-refractivity contribution in [2.24, 2.45) is 0 Å². The first-order chi connectivity index (χ1) is 10.9. The zero-order valence-electron chi connectivity index (χ0n) is 11.5. The van der Waals surface area contributed by atoms with Crippen molar-refractivity contribution in [1.29, 1.82) is 0 Å². The summed E-state index contributed by atoms with van der Waals surface area (Å²) in [6.45, 7) is 0. The monoisotopic (exact) mass is 285 g/mol. The van der Waals surface area contributed by atoms with Gasteiger partial charge in [-0.3, -0.25) is 0 Å². The summed E-state index contributed by atoms with van der Waals surface area (Å²) in [6.07, 6.45) is 0. The molecule has 0 aliphatic rings. The molecule has 1 radical (unpaired) electrons. The molecule has 0 atom stereocenters. The second-order valence-corrected chi connectivity index (χ2v) is 4.76. The molecule has 0 unspecified atom stereocenters. The van der Waals surface area contributed by atoms with Gasteiger partial charge >= 0.3 is 126 Å². The Morgan fingerprint density at radius 1 is 0.955 bits per heavy atom. The fourth-order valence-electron chi connectivity index (χ4n) is 2.48. The molecular formula is C16H10BN4O. The zero-order valence-corrected chi connectivity index (χ0v) is 11.5. The number of rotatable bonds is 3. The van der Waals surface area contributed by atoms with Crippen LogP contribution >= 0.6 is 0 Å². The average Bonchev–Trinajstić information content (AvgIpc) is 3.19. The van der Waals surface area contributed by atoms with E-state index in [0.29, 0.717) is 17.2 Å². The van der Waals surface area contributed by atoms with E-state index in [2.05, 4.69) is 15.3 Å². The first-order valence-electron chi connectivity index (χ1n) is 6.79. The van der Waals surface area contributed by atoms with Gasteiger partial charge < -0.3 is 0 Å². The van der Waals surface area contributed by atoms with Gasteiger partial charge in [-0.2, -0.15) is 0 Å². The molecule has 2 aromatic heterocycles. The van der Waals surface area contributed by atoms with Crippen LogP contribution in [0.15, 0.2) is 59.2 Å². The molecule has 2 heterocycles. The molecule has 0 spiro atoms. The van der Waals surface area contributed by atoms with Gasteiger partial charge in [0, 0.05) is 0 Å². The number of hydrogen-bond acceptors (Lipinski definition) is 4. The Morgan fingerprint density at radius 3 is 2.55 bits per heavy atom. The predicted molar refractivity (Wildman–Crippen MR) is 85.3 cm³/mol. The van der Waals surface area contributed by atoms with Crippen molar-refractivity contribution in [3.8, 4) is 17.2 Å². The Kier molecular flexibility index (Phi) is 2.93. The Morgan fingerprint density at radius 2 is 1.73 bits per heavy atom. The number of aromatic nitrogens is 4. The first-order valence-corrected chi connectivity index (χ1v) is 6.79. The second-order valence-electron chi connectivity index (χ2n) is 4.76. The molecule has 0 amide bonds. The summed E-state index contributed by atoms with van der Waals surface area (Å²) in [6, 6.07) is 17.8. The van der Waals surface area contributed by atoms with E-state index in [9.17, 15) is 0 Å². The molecule has 2 aromatic carbocycles. The summed E-state index contributed by atoms with van der Waals surface area (Å²) >= 11 is 0. The van der Waals surface area contributed by atoms with Gasteiger partial charge in [0.1, 0.15) is 0 Å². The number of fused-ring (bicyclic) bond motifs is 1. The molecule has 0 aliphatic heterocycles. The third kappa shape index (κ3) is 1.88. The molecule has 6 heteroatoms. The number of nitrogens with zero attached hydrogens (tertiary/aromatic N) is 4. The molecule has 0 aliphatic carbocycles. The van der Waals surface area contributed by atoms with Gasteiger partial charge in [-0.25, -0.2) is 0 Å². The van der Waals surface area contributed by atoms with Crippen LogP contribution in [-0.4, -0.2) is 33.3 Å². The van der Waals surface area contributed by atoms with Crippen molar-refractivity contribution in [3.05, 3.63) is 60.3 Å². The van der Waals surface area contributed by atoms with Crippen LogP contribution in [0.2, 0.25) is 0 Å². The molecule has 4 aromatic rings. The third-order valence-corrected chi connectivity index (χ3v) is 3.46. The van der Waals surface area contributed by atoms with Crippen LogP contribution < -0.4 is 0 Å². The Balaban J connectivity index is 2.09. The summed E-state index contributed by atoms with van der Waals surface area (Å²) in [5.41, 5.74) is 3.81. The summed E-state index contributed by atoms with van der Waals surface area (Å²) in [5, 5.41) is 7.75. The molecule has 0 N–H and O–H groups in total. The Bertz CT molecular complexity index is 959. The van der Waals surface area contributed by atoms with Crippen LogP contribution in [0.25, 0.3) is 28.2 Å². The molecule has 0 bridgehead atoms. The van der Waals surface area contributed by atoms with Crippen LogP contribution in [0.3, 0.4) is 0 Å². The standard InChI is InChI=1S/C16H10BN4O/c17-10-13-15(20-22-19-13)16-18-12-8-4-5-9-14(12)21(16)11-6-2-1-3-7-11/h1-10H. The quantitative estimate of drug-likeness (QED) is 0.542. The van der Waals surface area contributed by atoms with E-state index in [1.165, 1.54) is 5.97 Å². The zero-order chi connectivity index (χ0) is 14.9. The van der Waals surface area contributed by atoms with Crippen molar-refractivity contribution in [3.63, 3.8) is 0 Å². The Labute approximate surface area is 127 Å². The molecule has 0 fully saturated rings. The van der Waals surface area contributed by atoms with Gasteiger partial charge in [0.2, 0.25) is 0 Å². The van der Waals surface area contributed by atoms with Gasteiger partial charge in [0.25, 0.3) is 0 Å². The van der Waals surface area contributed by atoms with E-state index in [4.69, 9.17) is 12.1 Å². The normalized spacial score (nSPS) is 10.9. The second kappa shape index (κ2) is 5.07. The number of hydrogen-bond donors (Lipinski definition) is 0. The summed E-state index contributed by atoms with van der Waals surface area (Å²) in [4.78, 5) is 4.67. The molecule has 0 saturated carbocycles. The van der Waals surface area contributed by atoms with Gasteiger partial charge in [0.15, 0.2) is 0 Å². The van der Waals surface area contributed by atoms with Crippen molar-refractivity contribution in [2.75, 3.05) is 0 Å². The first kappa shape index (κ1) is 12.7. The Hall–Kier alpha value is -3.02. The van der Waals surface area contributed by atoms with Gasteiger partial charge in [-0.05, 0) is 0 Å². The third-order valence-electron chi connectivity index (χ3n) is 3.46. The van der Waals surface area contributed by atoms with E-state index in [1.54, 1.807) is 0 Å². The molecule has 5 nitrogen and oxygen atoms in total. The van der Waals surface area contributed by atoms with Gasteiger partial charge in [0.05, 0.1) is 0 Å². The van der Waals surface area contributed by atoms with Crippen LogP contribution in [0.4, 0.5) is 0 Å². The van der Waals surface area contributed by atoms with E-state index in [1.807, 2.05) is 59.2 Å². The van der Waals surface area contributed by atoms with Crippen LogP contribution in [-0.2, 0) is 0 Å². The molecule has 103 valence electrons. The summed E-state index contributed by atoms with van der Waals surface area (Å²) in [7, 11) is 5.59. The molecule has 22 heavy (non-hydrogen) atoms. The summed E-state index contributed by atoms with van der Waals surface area (Å²) < 4.78 is 6.83. The van der Waals surface area contributed by atoms with Gasteiger partial charge in [-0.15, -0.1) is 0 Å². The molecular weight excluding hydrogens is 275 g/mol. The van der Waals surface area contributed by atoms with E-state index < -0.39 is 0 Å². The number of benzene rings is 2. The van der Waals surface area contributed by atoms with Gasteiger partial charge in [-0.1, -0.05) is 0 Å². The topological polar surface area (TPSA) is 56.7 Å². The van der Waals surface area contributed by atoms with Crippen LogP contribution in [0.5, 0.6) is 0 Å². The molecule has 4 rings (SSSR count). The van der Waals surface area contributed by atoms with E-state index >= 15 is 0 Å². The fraction of sp³-hybridized carbons (Fsp3) is 0. The predicted octanol–water partition coefficient (Wildman–Crippen LogP) is 2.39. The van der Waals surface area contributed by atoms with E-state index in [0.717, 1.165) is 16.7 Å². The average molecular weight is 285 g/mol. The van der Waals surface area contributed by atoms with Crippen molar-refractivity contribution >= 4 is 24.5 Å². The maximum absolute atomic E-state index is 5.59. The van der Waals surface area contributed by atoms with E-state index in [-0.39, 0.29) is 0 Å². The maximum atomic E-state index is 5.59. The minimum atomic E-state index is 0.465. The van der Waals surface area contributed by atoms with Crippen molar-refractivity contribution in [1.82, 2.24) is 19.9 Å².